The number of benzene rings is 1. The summed E-state index contributed by atoms with van der Waals surface area (Å²) in [6, 6.07) is 4.36. The van der Waals surface area contributed by atoms with Crippen LogP contribution >= 0.6 is 34.5 Å². The van der Waals surface area contributed by atoms with E-state index < -0.39 is 0 Å². The highest BCUT2D eigenvalue weighted by molar-refractivity contribution is 7.10. The highest BCUT2D eigenvalue weighted by atomic mass is 35.5. The summed E-state index contributed by atoms with van der Waals surface area (Å²) in [5.74, 6) is 5.23. The van der Waals surface area contributed by atoms with Crippen molar-refractivity contribution in [3.05, 3.63) is 55.4 Å². The zero-order chi connectivity index (χ0) is 14.0. The Morgan fingerprint density at radius 2 is 2.16 bits per heavy atom. The number of rotatable bonds is 4. The van der Waals surface area contributed by atoms with E-state index in [1.165, 1.54) is 17.4 Å². The molecule has 0 saturated heterocycles. The van der Waals surface area contributed by atoms with Gasteiger partial charge in [-0.25, -0.2) is 4.39 Å². The second-order valence-corrected chi connectivity index (χ2v) is 5.92. The van der Waals surface area contributed by atoms with Gasteiger partial charge >= 0.3 is 0 Å². The predicted octanol–water partition coefficient (Wildman–Crippen LogP) is 4.25. The average Bonchev–Trinajstić information content (AvgIpc) is 2.71. The van der Waals surface area contributed by atoms with E-state index in [-0.39, 0.29) is 11.9 Å². The quantitative estimate of drug-likeness (QED) is 0.653. The summed E-state index contributed by atoms with van der Waals surface area (Å²) >= 11 is 13.7. The van der Waals surface area contributed by atoms with E-state index in [0.29, 0.717) is 22.0 Å². The predicted molar refractivity (Wildman–Crippen MR) is 79.2 cm³/mol. The molecule has 0 fully saturated rings. The van der Waals surface area contributed by atoms with Crippen LogP contribution in [0.1, 0.15) is 22.0 Å². The first-order valence-electron chi connectivity index (χ1n) is 5.67. The maximum absolute atomic E-state index is 13.8. The highest BCUT2D eigenvalue weighted by Gasteiger charge is 2.20. The number of hydrazine groups is 1. The molecule has 0 radical (unpaired) electrons. The Kier molecular flexibility index (Phi) is 4.81. The summed E-state index contributed by atoms with van der Waals surface area (Å²) < 4.78 is 13.8. The maximum Gasteiger partial charge on any atom is 0.127 e. The number of hydrogen-bond donors (Lipinski definition) is 2. The van der Waals surface area contributed by atoms with Gasteiger partial charge in [0.05, 0.1) is 11.1 Å². The molecule has 1 aromatic heterocycles. The monoisotopic (exact) mass is 318 g/mol. The minimum Gasteiger partial charge on any atom is -0.271 e. The van der Waals surface area contributed by atoms with Crippen molar-refractivity contribution < 1.29 is 4.39 Å². The van der Waals surface area contributed by atoms with Crippen LogP contribution < -0.4 is 11.3 Å². The molecule has 0 bridgehead atoms. The lowest BCUT2D eigenvalue weighted by molar-refractivity contribution is 0.535. The second kappa shape index (κ2) is 6.20. The molecule has 0 amide bonds. The van der Waals surface area contributed by atoms with Gasteiger partial charge in [0.15, 0.2) is 0 Å². The Hall–Kier alpha value is -0.650. The third kappa shape index (κ3) is 3.09. The SMILES string of the molecule is Cc1csc(C(Cc2c(F)cccc2Cl)NN)c1Cl. The number of nitrogens with two attached hydrogens (primary N) is 1. The van der Waals surface area contributed by atoms with E-state index in [2.05, 4.69) is 5.43 Å². The first-order chi connectivity index (χ1) is 9.04. The lowest BCUT2D eigenvalue weighted by Crippen LogP contribution is -2.29. The molecule has 102 valence electrons. The van der Waals surface area contributed by atoms with E-state index in [0.717, 1.165) is 10.4 Å². The average molecular weight is 319 g/mol. The van der Waals surface area contributed by atoms with Gasteiger partial charge in [0.2, 0.25) is 0 Å². The fourth-order valence-corrected chi connectivity index (χ4v) is 3.47. The van der Waals surface area contributed by atoms with Crippen LogP contribution in [0.5, 0.6) is 0 Å². The standard InChI is InChI=1S/C13H13Cl2FN2S/c1-7-6-19-13(12(7)15)11(18-17)5-8-9(14)3-2-4-10(8)16/h2-4,6,11,18H,5,17H2,1H3. The molecule has 3 N–H and O–H groups in total. The van der Waals surface area contributed by atoms with Gasteiger partial charge in [-0.2, -0.15) is 0 Å². The Balaban J connectivity index is 2.32. The van der Waals surface area contributed by atoms with Crippen molar-refractivity contribution in [1.82, 2.24) is 5.43 Å². The second-order valence-electron chi connectivity index (χ2n) is 4.22. The topological polar surface area (TPSA) is 38.0 Å². The van der Waals surface area contributed by atoms with Crippen LogP contribution in [0.3, 0.4) is 0 Å². The van der Waals surface area contributed by atoms with Gasteiger partial charge in [-0.05, 0) is 36.4 Å². The van der Waals surface area contributed by atoms with E-state index in [4.69, 9.17) is 29.0 Å². The largest absolute Gasteiger partial charge is 0.271 e. The molecular weight excluding hydrogens is 306 g/mol. The molecule has 1 atom stereocenters. The maximum atomic E-state index is 13.8. The molecule has 1 aromatic carbocycles. The van der Waals surface area contributed by atoms with Crippen molar-refractivity contribution in [2.45, 2.75) is 19.4 Å². The lowest BCUT2D eigenvalue weighted by Gasteiger charge is -2.16. The molecule has 0 aliphatic heterocycles. The number of halogens is 3. The van der Waals surface area contributed by atoms with Gasteiger partial charge in [0, 0.05) is 15.5 Å². The van der Waals surface area contributed by atoms with Crippen LogP contribution in [0.2, 0.25) is 10.0 Å². The van der Waals surface area contributed by atoms with Crippen molar-refractivity contribution in [2.75, 3.05) is 0 Å². The van der Waals surface area contributed by atoms with Crippen LogP contribution in [0.4, 0.5) is 4.39 Å². The van der Waals surface area contributed by atoms with Crippen molar-refractivity contribution in [1.29, 1.82) is 0 Å². The minimum atomic E-state index is -0.336. The van der Waals surface area contributed by atoms with Crippen LogP contribution in [0.15, 0.2) is 23.6 Å². The fourth-order valence-electron chi connectivity index (χ4n) is 1.84. The molecule has 1 heterocycles. The molecule has 0 saturated carbocycles. The van der Waals surface area contributed by atoms with Gasteiger partial charge in [-0.1, -0.05) is 29.3 Å². The number of nitrogens with one attached hydrogen (secondary N) is 1. The van der Waals surface area contributed by atoms with Crippen molar-refractivity contribution >= 4 is 34.5 Å². The molecule has 2 rings (SSSR count). The van der Waals surface area contributed by atoms with Gasteiger partial charge in [-0.15, -0.1) is 11.3 Å². The fraction of sp³-hybridized carbons (Fsp3) is 0.231. The third-order valence-electron chi connectivity index (χ3n) is 2.91. The number of aryl methyl sites for hydroxylation is 1. The molecule has 0 aliphatic carbocycles. The Bertz CT molecular complexity index is 566. The van der Waals surface area contributed by atoms with Crippen LogP contribution in [-0.4, -0.2) is 0 Å². The van der Waals surface area contributed by atoms with Gasteiger partial charge in [-0.3, -0.25) is 11.3 Å². The van der Waals surface area contributed by atoms with Gasteiger partial charge in [0.1, 0.15) is 5.82 Å². The lowest BCUT2D eigenvalue weighted by atomic mass is 10.0. The van der Waals surface area contributed by atoms with Crippen molar-refractivity contribution in [3.63, 3.8) is 0 Å². The zero-order valence-electron chi connectivity index (χ0n) is 10.2. The molecule has 2 nitrogen and oxygen atoms in total. The molecule has 1 unspecified atom stereocenters. The van der Waals surface area contributed by atoms with E-state index in [9.17, 15) is 4.39 Å². The molecule has 19 heavy (non-hydrogen) atoms. The van der Waals surface area contributed by atoms with Gasteiger partial charge in [0.25, 0.3) is 0 Å². The summed E-state index contributed by atoms with van der Waals surface area (Å²) in [6.45, 7) is 1.92. The first-order valence-corrected chi connectivity index (χ1v) is 7.30. The number of thiophene rings is 1. The summed E-state index contributed by atoms with van der Waals surface area (Å²) in [4.78, 5) is 0.890. The summed E-state index contributed by atoms with van der Waals surface area (Å²) in [6.07, 6.45) is 0.349. The normalized spacial score (nSPS) is 12.7. The van der Waals surface area contributed by atoms with Crippen LogP contribution in [0, 0.1) is 12.7 Å². The molecule has 2 aromatic rings. The molecular formula is C13H13Cl2FN2S. The van der Waals surface area contributed by atoms with E-state index >= 15 is 0 Å². The Labute approximate surface area is 125 Å². The smallest absolute Gasteiger partial charge is 0.127 e. The Morgan fingerprint density at radius 3 is 2.68 bits per heavy atom. The highest BCUT2D eigenvalue weighted by Crippen LogP contribution is 2.35. The first kappa shape index (κ1) is 14.8. The number of hydrogen-bond acceptors (Lipinski definition) is 3. The van der Waals surface area contributed by atoms with Crippen molar-refractivity contribution in [3.8, 4) is 0 Å². The summed E-state index contributed by atoms with van der Waals surface area (Å²) in [7, 11) is 0. The zero-order valence-corrected chi connectivity index (χ0v) is 12.5. The minimum absolute atomic E-state index is 0.263. The summed E-state index contributed by atoms with van der Waals surface area (Å²) in [5, 5.41) is 3.01. The molecule has 0 aliphatic rings. The third-order valence-corrected chi connectivity index (χ3v) is 5.09. The van der Waals surface area contributed by atoms with Crippen LogP contribution in [-0.2, 0) is 6.42 Å². The molecule has 6 heteroatoms. The van der Waals surface area contributed by atoms with Gasteiger partial charge < -0.3 is 0 Å². The van der Waals surface area contributed by atoms with E-state index in [1.54, 1.807) is 12.1 Å². The summed E-state index contributed by atoms with van der Waals surface area (Å²) in [5.41, 5.74) is 4.10. The van der Waals surface area contributed by atoms with Crippen LogP contribution in [0.25, 0.3) is 0 Å². The van der Waals surface area contributed by atoms with E-state index in [1.807, 2.05) is 12.3 Å². The molecule has 0 spiro atoms. The van der Waals surface area contributed by atoms with Crippen molar-refractivity contribution in [2.24, 2.45) is 5.84 Å². The Morgan fingerprint density at radius 1 is 1.42 bits per heavy atom.